The van der Waals surface area contributed by atoms with Gasteiger partial charge in [-0.05, 0) is 49.9 Å². The van der Waals surface area contributed by atoms with E-state index >= 15 is 0 Å². The van der Waals surface area contributed by atoms with Crippen LogP contribution in [0.3, 0.4) is 0 Å². The number of anilines is 1. The van der Waals surface area contributed by atoms with Crippen molar-refractivity contribution < 1.29 is 4.42 Å². The van der Waals surface area contributed by atoms with Crippen molar-refractivity contribution >= 4 is 5.69 Å². The van der Waals surface area contributed by atoms with Crippen LogP contribution in [0.2, 0.25) is 0 Å². The van der Waals surface area contributed by atoms with Crippen molar-refractivity contribution in [2.45, 2.75) is 32.2 Å². The molecule has 0 saturated heterocycles. The van der Waals surface area contributed by atoms with Gasteiger partial charge in [0.1, 0.15) is 0 Å². The monoisotopic (exact) mass is 272 g/mol. The highest BCUT2D eigenvalue weighted by atomic mass is 16.4. The molecule has 5 heteroatoms. The molecular weight excluding hydrogens is 252 g/mol. The molecule has 0 aliphatic heterocycles. The van der Waals surface area contributed by atoms with Crippen LogP contribution in [-0.4, -0.2) is 22.8 Å². The van der Waals surface area contributed by atoms with Gasteiger partial charge in [-0.2, -0.15) is 0 Å². The molecule has 1 aromatic heterocycles. The molecule has 2 unspecified atom stereocenters. The third-order valence-electron chi connectivity index (χ3n) is 4.15. The van der Waals surface area contributed by atoms with Crippen molar-refractivity contribution in [3.8, 4) is 11.5 Å². The summed E-state index contributed by atoms with van der Waals surface area (Å²) in [5, 5.41) is 11.3. The van der Waals surface area contributed by atoms with Crippen LogP contribution in [0.25, 0.3) is 11.5 Å². The van der Waals surface area contributed by atoms with E-state index in [1.165, 1.54) is 31.2 Å². The Morgan fingerprint density at radius 2 is 2.30 bits per heavy atom. The summed E-state index contributed by atoms with van der Waals surface area (Å²) in [5.41, 5.74) is 9.14. The lowest BCUT2D eigenvalue weighted by Gasteiger charge is -2.22. The molecule has 0 spiro atoms. The van der Waals surface area contributed by atoms with Crippen LogP contribution < -0.4 is 11.1 Å². The molecule has 1 saturated carbocycles. The molecule has 0 radical (unpaired) electrons. The molecule has 1 aromatic carbocycles. The van der Waals surface area contributed by atoms with E-state index in [9.17, 15) is 0 Å². The Hall–Kier alpha value is -1.88. The lowest BCUT2D eigenvalue weighted by molar-refractivity contribution is 0.516. The number of rotatable bonds is 4. The fraction of sp³-hybridized carbons (Fsp3) is 0.467. The van der Waals surface area contributed by atoms with E-state index < -0.39 is 0 Å². The van der Waals surface area contributed by atoms with Crippen LogP contribution in [0.5, 0.6) is 0 Å². The van der Waals surface area contributed by atoms with Crippen molar-refractivity contribution in [2.24, 2.45) is 11.7 Å². The normalized spacial score (nSPS) is 22.1. The van der Waals surface area contributed by atoms with Crippen LogP contribution >= 0.6 is 0 Å². The van der Waals surface area contributed by atoms with Crippen molar-refractivity contribution in [1.82, 2.24) is 10.2 Å². The van der Waals surface area contributed by atoms with Crippen LogP contribution in [0.4, 0.5) is 5.69 Å². The molecule has 1 heterocycles. The molecule has 20 heavy (non-hydrogen) atoms. The molecule has 1 aliphatic carbocycles. The summed E-state index contributed by atoms with van der Waals surface area (Å²) >= 11 is 0. The Labute approximate surface area is 118 Å². The number of nitrogens with one attached hydrogen (secondary N) is 1. The molecular formula is C15H20N4O. The van der Waals surface area contributed by atoms with Gasteiger partial charge in [0, 0.05) is 17.3 Å². The van der Waals surface area contributed by atoms with Gasteiger partial charge in [0.25, 0.3) is 0 Å². The standard InChI is InChI=1S/C15H20N4O/c1-10-5-6-11(15-19-17-9-20-15)7-14(10)18-13-4-2-3-12(13)8-16/h5-7,9,12-13,18H,2-4,8,16H2,1H3. The second kappa shape index (κ2) is 5.63. The van der Waals surface area contributed by atoms with Crippen molar-refractivity contribution in [2.75, 3.05) is 11.9 Å². The Morgan fingerprint density at radius 3 is 3.05 bits per heavy atom. The van der Waals surface area contributed by atoms with Crippen molar-refractivity contribution in [3.63, 3.8) is 0 Å². The van der Waals surface area contributed by atoms with Crippen LogP contribution in [0.1, 0.15) is 24.8 Å². The lowest BCUT2D eigenvalue weighted by Crippen LogP contribution is -2.29. The third kappa shape index (κ3) is 2.54. The first-order valence-electron chi connectivity index (χ1n) is 7.11. The van der Waals surface area contributed by atoms with E-state index in [0.29, 0.717) is 17.9 Å². The van der Waals surface area contributed by atoms with E-state index in [1.54, 1.807) is 0 Å². The SMILES string of the molecule is Cc1ccc(-c2nnco2)cc1NC1CCCC1CN. The summed E-state index contributed by atoms with van der Waals surface area (Å²) in [7, 11) is 0. The van der Waals surface area contributed by atoms with Gasteiger partial charge in [-0.3, -0.25) is 0 Å². The summed E-state index contributed by atoms with van der Waals surface area (Å²) in [6.45, 7) is 2.85. The number of nitrogens with two attached hydrogens (primary N) is 1. The van der Waals surface area contributed by atoms with Crippen molar-refractivity contribution in [3.05, 3.63) is 30.2 Å². The smallest absolute Gasteiger partial charge is 0.247 e. The third-order valence-corrected chi connectivity index (χ3v) is 4.15. The molecule has 1 aliphatic rings. The van der Waals surface area contributed by atoms with Gasteiger partial charge in [0.2, 0.25) is 12.3 Å². The molecule has 2 aromatic rings. The van der Waals surface area contributed by atoms with Gasteiger partial charge in [-0.1, -0.05) is 12.5 Å². The number of hydrogen-bond acceptors (Lipinski definition) is 5. The number of aryl methyl sites for hydroxylation is 1. The fourth-order valence-electron chi connectivity index (χ4n) is 2.92. The van der Waals surface area contributed by atoms with E-state index in [-0.39, 0.29) is 0 Å². The Morgan fingerprint density at radius 1 is 1.40 bits per heavy atom. The summed E-state index contributed by atoms with van der Waals surface area (Å²) < 4.78 is 5.26. The number of aromatic nitrogens is 2. The van der Waals surface area contributed by atoms with E-state index in [0.717, 1.165) is 17.8 Å². The van der Waals surface area contributed by atoms with Crippen molar-refractivity contribution in [1.29, 1.82) is 0 Å². The quantitative estimate of drug-likeness (QED) is 0.894. The van der Waals surface area contributed by atoms with Gasteiger partial charge in [-0.15, -0.1) is 10.2 Å². The van der Waals surface area contributed by atoms with Gasteiger partial charge in [-0.25, -0.2) is 0 Å². The van der Waals surface area contributed by atoms with Gasteiger partial charge < -0.3 is 15.5 Å². The first-order valence-corrected chi connectivity index (χ1v) is 7.11. The topological polar surface area (TPSA) is 77.0 Å². The van der Waals surface area contributed by atoms with E-state index in [4.69, 9.17) is 10.2 Å². The average molecular weight is 272 g/mol. The van der Waals surface area contributed by atoms with Gasteiger partial charge in [0.15, 0.2) is 0 Å². The maximum absolute atomic E-state index is 5.85. The predicted octanol–water partition coefficient (Wildman–Crippen LogP) is 2.58. The summed E-state index contributed by atoms with van der Waals surface area (Å²) in [6, 6.07) is 6.63. The molecule has 106 valence electrons. The highest BCUT2D eigenvalue weighted by molar-refractivity contribution is 5.64. The minimum atomic E-state index is 0.469. The fourth-order valence-corrected chi connectivity index (χ4v) is 2.92. The zero-order chi connectivity index (χ0) is 13.9. The molecule has 3 N–H and O–H groups in total. The van der Waals surface area contributed by atoms with E-state index in [2.05, 4.69) is 34.6 Å². The maximum Gasteiger partial charge on any atom is 0.247 e. The lowest BCUT2D eigenvalue weighted by atomic mass is 10.0. The molecule has 2 atom stereocenters. The second-order valence-electron chi connectivity index (χ2n) is 5.45. The number of hydrogen-bond donors (Lipinski definition) is 2. The molecule has 0 bridgehead atoms. The summed E-state index contributed by atoms with van der Waals surface area (Å²) in [4.78, 5) is 0. The Kier molecular flexibility index (Phi) is 3.69. The molecule has 0 amide bonds. The Bertz CT molecular complexity index is 567. The number of benzene rings is 1. The van der Waals surface area contributed by atoms with Crippen LogP contribution in [0.15, 0.2) is 29.0 Å². The maximum atomic E-state index is 5.85. The van der Waals surface area contributed by atoms with Gasteiger partial charge >= 0.3 is 0 Å². The molecule has 3 rings (SSSR count). The zero-order valence-electron chi connectivity index (χ0n) is 11.7. The highest BCUT2D eigenvalue weighted by Crippen LogP contribution is 2.30. The summed E-state index contributed by atoms with van der Waals surface area (Å²) in [6.07, 6.45) is 5.01. The minimum Gasteiger partial charge on any atom is -0.423 e. The minimum absolute atomic E-state index is 0.469. The number of nitrogens with zero attached hydrogens (tertiary/aromatic N) is 2. The average Bonchev–Trinajstić information content (AvgIpc) is 3.12. The van der Waals surface area contributed by atoms with E-state index in [1.807, 2.05) is 6.07 Å². The highest BCUT2D eigenvalue weighted by Gasteiger charge is 2.26. The predicted molar refractivity (Wildman–Crippen MR) is 78.3 cm³/mol. The second-order valence-corrected chi connectivity index (χ2v) is 5.45. The first-order chi connectivity index (χ1) is 9.78. The zero-order valence-corrected chi connectivity index (χ0v) is 11.7. The van der Waals surface area contributed by atoms with Crippen LogP contribution in [-0.2, 0) is 0 Å². The first kappa shape index (κ1) is 13.1. The summed E-state index contributed by atoms with van der Waals surface area (Å²) in [5.74, 6) is 1.12. The van der Waals surface area contributed by atoms with Crippen LogP contribution in [0, 0.1) is 12.8 Å². The molecule has 5 nitrogen and oxygen atoms in total. The Balaban J connectivity index is 1.83. The largest absolute Gasteiger partial charge is 0.423 e. The molecule has 1 fully saturated rings. The van der Waals surface area contributed by atoms with Gasteiger partial charge in [0.05, 0.1) is 0 Å².